The quantitative estimate of drug-likeness (QED) is 0.132. The second kappa shape index (κ2) is 21.9. The molecule has 18 heteroatoms. The number of amides is 2. The maximum absolute atomic E-state index is 13.0. The lowest BCUT2D eigenvalue weighted by Gasteiger charge is -2.45. The van der Waals surface area contributed by atoms with Crippen molar-refractivity contribution in [3.05, 3.63) is 29.8 Å². The molecule has 0 radical (unpaired) electrons. The molecule has 1 aromatic rings. The smallest absolute Gasteiger partial charge is 0.305 e. The Morgan fingerprint density at radius 1 is 0.893 bits per heavy atom. The van der Waals surface area contributed by atoms with Gasteiger partial charge >= 0.3 is 11.9 Å². The van der Waals surface area contributed by atoms with Crippen molar-refractivity contribution in [1.82, 2.24) is 15.5 Å². The zero-order valence-electron chi connectivity index (χ0n) is 32.5. The number of nitrogens with one attached hydrogen (secondary N) is 2. The van der Waals surface area contributed by atoms with Gasteiger partial charge in [-0.1, -0.05) is 26.0 Å². The zero-order chi connectivity index (χ0) is 40.9. The van der Waals surface area contributed by atoms with E-state index in [0.717, 1.165) is 5.56 Å². The van der Waals surface area contributed by atoms with Crippen LogP contribution in [-0.2, 0) is 42.9 Å². The lowest BCUT2D eigenvalue weighted by atomic mass is 9.97. The van der Waals surface area contributed by atoms with Gasteiger partial charge in [-0.05, 0) is 56.8 Å². The van der Waals surface area contributed by atoms with E-state index < -0.39 is 92.1 Å². The molecule has 18 nitrogen and oxygen atoms in total. The molecule has 3 saturated heterocycles. The molecule has 12 atom stereocenters. The van der Waals surface area contributed by atoms with Crippen molar-refractivity contribution in [3.8, 4) is 5.75 Å². The van der Waals surface area contributed by atoms with Crippen molar-refractivity contribution in [2.45, 2.75) is 146 Å². The highest BCUT2D eigenvalue weighted by molar-refractivity contribution is 5.77. The predicted molar refractivity (Wildman–Crippen MR) is 195 cm³/mol. The van der Waals surface area contributed by atoms with Gasteiger partial charge in [0.2, 0.25) is 18.1 Å². The van der Waals surface area contributed by atoms with Crippen molar-refractivity contribution < 1.29 is 73.1 Å². The summed E-state index contributed by atoms with van der Waals surface area (Å²) in [6.07, 6.45) is -12.8. The minimum atomic E-state index is -1.80. The van der Waals surface area contributed by atoms with Crippen molar-refractivity contribution >= 4 is 23.8 Å². The number of benzene rings is 1. The SMILES string of the molecule is CCCC(=O)OCC1OC(OC2C(Oc3ccc(C4CC(=O)NCCCN(C(=O)CCC)CC(OC(C)=O)CCN4)cc3)OC(C)C(O)C2O)C(O)C(O)C1O. The molecule has 56 heavy (non-hydrogen) atoms. The highest BCUT2D eigenvalue weighted by Gasteiger charge is 2.51. The number of ether oxygens (including phenoxy) is 6. The van der Waals surface area contributed by atoms with E-state index >= 15 is 0 Å². The van der Waals surface area contributed by atoms with Gasteiger partial charge in [0.05, 0.1) is 12.6 Å². The third-order valence-corrected chi connectivity index (χ3v) is 9.89. The molecule has 0 spiro atoms. The van der Waals surface area contributed by atoms with Gasteiger partial charge in [0.25, 0.3) is 0 Å². The molecular weight excluding hydrogens is 738 g/mol. The molecule has 1 aromatic carbocycles. The molecule has 316 valence electrons. The first-order chi connectivity index (χ1) is 26.7. The van der Waals surface area contributed by atoms with Crippen LogP contribution in [0.2, 0.25) is 0 Å². The van der Waals surface area contributed by atoms with Gasteiger partial charge in [0, 0.05) is 45.3 Å². The first-order valence-electron chi connectivity index (χ1n) is 19.5. The molecule has 0 saturated carbocycles. The Morgan fingerprint density at radius 2 is 1.61 bits per heavy atom. The fourth-order valence-corrected chi connectivity index (χ4v) is 6.77. The van der Waals surface area contributed by atoms with Gasteiger partial charge < -0.3 is 69.5 Å². The van der Waals surface area contributed by atoms with E-state index in [-0.39, 0.29) is 37.0 Å². The van der Waals surface area contributed by atoms with Crippen molar-refractivity contribution in [2.24, 2.45) is 0 Å². The van der Waals surface area contributed by atoms with Crippen LogP contribution in [0.1, 0.15) is 84.2 Å². The van der Waals surface area contributed by atoms with Crippen LogP contribution in [-0.4, -0.2) is 154 Å². The Balaban J connectivity index is 1.47. The summed E-state index contributed by atoms with van der Waals surface area (Å²) in [7, 11) is 0. The van der Waals surface area contributed by atoms with Gasteiger partial charge in [-0.15, -0.1) is 0 Å². The summed E-state index contributed by atoms with van der Waals surface area (Å²) in [6.45, 7) is 7.48. The second-order valence-electron chi connectivity index (χ2n) is 14.5. The molecule has 3 heterocycles. The summed E-state index contributed by atoms with van der Waals surface area (Å²) in [5.74, 6) is -0.982. The number of aliphatic hydroxyl groups excluding tert-OH is 5. The van der Waals surface area contributed by atoms with Gasteiger partial charge in [0.1, 0.15) is 55.1 Å². The molecule has 3 aliphatic heterocycles. The summed E-state index contributed by atoms with van der Waals surface area (Å²) in [4.78, 5) is 51.4. The van der Waals surface area contributed by atoms with Crippen LogP contribution < -0.4 is 15.4 Å². The second-order valence-corrected chi connectivity index (χ2v) is 14.5. The molecule has 3 aliphatic rings. The number of esters is 2. The van der Waals surface area contributed by atoms with Crippen LogP contribution in [0.4, 0.5) is 0 Å². The molecular formula is C38H59N3O15. The van der Waals surface area contributed by atoms with Crippen molar-refractivity contribution in [3.63, 3.8) is 0 Å². The predicted octanol–water partition coefficient (Wildman–Crippen LogP) is -0.441. The first-order valence-corrected chi connectivity index (χ1v) is 19.5. The number of hydrogen-bond donors (Lipinski definition) is 7. The van der Waals surface area contributed by atoms with E-state index in [4.69, 9.17) is 28.4 Å². The molecule has 12 unspecified atom stereocenters. The molecule has 3 fully saturated rings. The van der Waals surface area contributed by atoms with Gasteiger partial charge in [-0.25, -0.2) is 0 Å². The Morgan fingerprint density at radius 3 is 2.29 bits per heavy atom. The Labute approximate surface area is 326 Å². The van der Waals surface area contributed by atoms with E-state index in [1.54, 1.807) is 36.1 Å². The van der Waals surface area contributed by atoms with Crippen molar-refractivity contribution in [2.75, 3.05) is 32.8 Å². The summed E-state index contributed by atoms with van der Waals surface area (Å²) in [6, 6.07) is 6.24. The maximum Gasteiger partial charge on any atom is 0.305 e. The standard InChI is InChI=1S/C38H59N3O15/c1-5-8-29(44)41-17-7-15-40-28(43)18-26(39-16-14-25(19-41)53-22(4)42)23-10-12-24(13-11-23)54-38-36(34(49)31(46)21(3)52-38)56-37-35(50)33(48)32(47)27(55-37)20-51-30(45)9-6-2/h10-13,21,25-27,31-39,46-50H,5-9,14-20H2,1-4H3,(H,40,43). The van der Waals surface area contributed by atoms with Gasteiger partial charge in [-0.2, -0.15) is 0 Å². The lowest BCUT2D eigenvalue weighted by molar-refractivity contribution is -0.355. The van der Waals surface area contributed by atoms with E-state index in [1.165, 1.54) is 13.8 Å². The van der Waals surface area contributed by atoms with Gasteiger partial charge in [0.15, 0.2) is 12.4 Å². The van der Waals surface area contributed by atoms with Crippen LogP contribution in [0.15, 0.2) is 24.3 Å². The first kappa shape index (κ1) is 45.2. The summed E-state index contributed by atoms with van der Waals surface area (Å²) < 4.78 is 34.2. The molecule has 0 aliphatic carbocycles. The molecule has 2 amide bonds. The van der Waals surface area contributed by atoms with E-state index in [2.05, 4.69) is 10.6 Å². The van der Waals surface area contributed by atoms with Crippen LogP contribution in [0.25, 0.3) is 0 Å². The molecule has 4 rings (SSSR count). The van der Waals surface area contributed by atoms with E-state index in [0.29, 0.717) is 51.7 Å². The topological polar surface area (TPSA) is 252 Å². The Bertz CT molecular complexity index is 1420. The number of rotatable bonds is 12. The fourth-order valence-electron chi connectivity index (χ4n) is 6.77. The van der Waals surface area contributed by atoms with Crippen LogP contribution >= 0.6 is 0 Å². The average molecular weight is 798 g/mol. The zero-order valence-corrected chi connectivity index (χ0v) is 32.5. The Hall–Kier alpha value is -3.46. The largest absolute Gasteiger partial charge is 0.463 e. The number of aliphatic hydroxyl groups is 5. The van der Waals surface area contributed by atoms with E-state index in [9.17, 15) is 44.7 Å². The van der Waals surface area contributed by atoms with Crippen LogP contribution in [0, 0.1) is 0 Å². The normalized spacial score (nSPS) is 33.5. The van der Waals surface area contributed by atoms with E-state index in [1.807, 2.05) is 6.92 Å². The maximum atomic E-state index is 13.0. The lowest BCUT2D eigenvalue weighted by Crippen LogP contribution is -2.64. The fraction of sp³-hybridized carbons (Fsp3) is 0.737. The number of carbonyl (C=O) groups is 4. The molecule has 0 aromatic heterocycles. The summed E-state index contributed by atoms with van der Waals surface area (Å²) in [5, 5.41) is 59.8. The molecule has 7 N–H and O–H groups in total. The minimum Gasteiger partial charge on any atom is -0.463 e. The Kier molecular flexibility index (Phi) is 17.7. The van der Waals surface area contributed by atoms with Crippen LogP contribution in [0.5, 0.6) is 5.75 Å². The number of nitrogens with zero attached hydrogens (tertiary/aromatic N) is 1. The highest BCUT2D eigenvalue weighted by Crippen LogP contribution is 2.31. The number of hydrogen-bond acceptors (Lipinski definition) is 16. The summed E-state index contributed by atoms with van der Waals surface area (Å²) in [5.41, 5.74) is 0.726. The minimum absolute atomic E-state index is 0.0372. The third-order valence-electron chi connectivity index (χ3n) is 9.89. The average Bonchev–Trinajstić information content (AvgIpc) is 3.17. The number of carbonyl (C=O) groups excluding carboxylic acids is 4. The van der Waals surface area contributed by atoms with Gasteiger partial charge in [-0.3, -0.25) is 19.2 Å². The third kappa shape index (κ3) is 12.8. The van der Waals surface area contributed by atoms with Crippen molar-refractivity contribution in [1.29, 1.82) is 0 Å². The monoisotopic (exact) mass is 797 g/mol. The highest BCUT2D eigenvalue weighted by atomic mass is 16.8. The molecule has 0 bridgehead atoms. The summed E-state index contributed by atoms with van der Waals surface area (Å²) >= 11 is 0. The van der Waals surface area contributed by atoms with Crippen LogP contribution in [0.3, 0.4) is 0 Å².